The molecule has 0 spiro atoms. The molecule has 0 radical (unpaired) electrons. The third-order valence-electron chi connectivity index (χ3n) is 4.04. The molecule has 1 aliphatic heterocycles. The Balaban J connectivity index is 1.83. The highest BCUT2D eigenvalue weighted by Crippen LogP contribution is 2.24. The molecule has 19 heavy (non-hydrogen) atoms. The fourth-order valence-corrected chi connectivity index (χ4v) is 2.88. The number of para-hydroxylation sites is 1. The second kappa shape index (κ2) is 4.70. The first-order valence-corrected chi connectivity index (χ1v) is 6.70. The van der Waals surface area contributed by atoms with Crippen molar-refractivity contribution in [3.05, 3.63) is 35.5 Å². The molecule has 1 aromatic heterocycles. The van der Waals surface area contributed by atoms with Gasteiger partial charge in [0.05, 0.1) is 0 Å². The van der Waals surface area contributed by atoms with E-state index in [0.717, 1.165) is 13.1 Å². The zero-order valence-corrected chi connectivity index (χ0v) is 11.4. The van der Waals surface area contributed by atoms with E-state index < -0.39 is 0 Å². The number of fused-ring (bicyclic) bond motifs is 1. The van der Waals surface area contributed by atoms with Crippen LogP contribution in [-0.4, -0.2) is 23.1 Å². The van der Waals surface area contributed by atoms with E-state index in [-0.39, 0.29) is 11.9 Å². The molecule has 0 aliphatic carbocycles. The van der Waals surface area contributed by atoms with Crippen LogP contribution >= 0.6 is 0 Å². The molecule has 2 heterocycles. The first kappa shape index (κ1) is 12.2. The lowest BCUT2D eigenvalue weighted by atomic mass is 10.1. The number of rotatable bonds is 3. The molecular formula is C15H19N3O. The second-order valence-corrected chi connectivity index (χ2v) is 5.23. The Morgan fingerprint density at radius 2 is 2.21 bits per heavy atom. The first-order chi connectivity index (χ1) is 9.16. The van der Waals surface area contributed by atoms with E-state index in [4.69, 9.17) is 0 Å². The normalized spacial score (nSPS) is 19.1. The van der Waals surface area contributed by atoms with Gasteiger partial charge in [-0.1, -0.05) is 18.2 Å². The highest BCUT2D eigenvalue weighted by molar-refractivity contribution is 5.85. The van der Waals surface area contributed by atoms with Crippen molar-refractivity contribution in [2.24, 2.45) is 7.05 Å². The number of aryl methyl sites for hydroxylation is 2. The molecule has 1 atom stereocenters. The van der Waals surface area contributed by atoms with Crippen molar-refractivity contribution in [3.63, 3.8) is 0 Å². The van der Waals surface area contributed by atoms with Gasteiger partial charge in [0, 0.05) is 49.2 Å². The Labute approximate surface area is 112 Å². The van der Waals surface area contributed by atoms with Gasteiger partial charge in [-0.05, 0) is 18.6 Å². The molecule has 3 rings (SSSR count). The summed E-state index contributed by atoms with van der Waals surface area (Å²) in [6, 6.07) is 8.70. The molecule has 0 saturated carbocycles. The first-order valence-electron chi connectivity index (χ1n) is 6.70. The number of benzene rings is 1. The van der Waals surface area contributed by atoms with Crippen LogP contribution in [0, 0.1) is 6.92 Å². The maximum atomic E-state index is 11.2. The topological polar surface area (TPSA) is 46.1 Å². The molecule has 2 aromatic rings. The smallest absolute Gasteiger partial charge is 0.221 e. The molecule has 2 N–H and O–H groups in total. The molecule has 100 valence electrons. The molecule has 1 unspecified atom stereocenters. The van der Waals surface area contributed by atoms with E-state index in [0.29, 0.717) is 6.42 Å². The van der Waals surface area contributed by atoms with Gasteiger partial charge in [0.1, 0.15) is 0 Å². The molecule has 4 heteroatoms. The van der Waals surface area contributed by atoms with Crippen LogP contribution in [0.2, 0.25) is 0 Å². The molecule has 0 bridgehead atoms. The van der Waals surface area contributed by atoms with Crippen molar-refractivity contribution < 1.29 is 4.79 Å². The number of amides is 1. The zero-order valence-electron chi connectivity index (χ0n) is 11.4. The summed E-state index contributed by atoms with van der Waals surface area (Å²) >= 11 is 0. The van der Waals surface area contributed by atoms with Crippen molar-refractivity contribution in [1.29, 1.82) is 0 Å². The van der Waals surface area contributed by atoms with Gasteiger partial charge in [0.2, 0.25) is 5.91 Å². The average molecular weight is 257 g/mol. The number of carbonyl (C=O) groups is 1. The van der Waals surface area contributed by atoms with Gasteiger partial charge in [-0.2, -0.15) is 0 Å². The zero-order chi connectivity index (χ0) is 13.4. The van der Waals surface area contributed by atoms with Crippen LogP contribution < -0.4 is 10.6 Å². The van der Waals surface area contributed by atoms with Crippen molar-refractivity contribution >= 4 is 16.8 Å². The van der Waals surface area contributed by atoms with Gasteiger partial charge < -0.3 is 15.2 Å². The SMILES string of the molecule is Cc1c(CNC2CNC(=O)C2)n(C)c2ccccc12. The van der Waals surface area contributed by atoms with E-state index in [9.17, 15) is 4.79 Å². The van der Waals surface area contributed by atoms with E-state index in [1.54, 1.807) is 0 Å². The lowest BCUT2D eigenvalue weighted by Crippen LogP contribution is -2.31. The summed E-state index contributed by atoms with van der Waals surface area (Å²) in [5, 5.41) is 7.63. The van der Waals surface area contributed by atoms with Crippen LogP contribution in [0.3, 0.4) is 0 Å². The Morgan fingerprint density at radius 3 is 2.89 bits per heavy atom. The minimum atomic E-state index is 0.145. The van der Waals surface area contributed by atoms with Crippen LogP contribution in [0.5, 0.6) is 0 Å². The Kier molecular flexibility index (Phi) is 3.03. The highest BCUT2D eigenvalue weighted by Gasteiger charge is 2.21. The summed E-state index contributed by atoms with van der Waals surface area (Å²) in [5.74, 6) is 0.145. The number of carbonyl (C=O) groups excluding carboxylic acids is 1. The van der Waals surface area contributed by atoms with Gasteiger partial charge in [0.25, 0.3) is 0 Å². The van der Waals surface area contributed by atoms with Gasteiger partial charge >= 0.3 is 0 Å². The van der Waals surface area contributed by atoms with Crippen LogP contribution in [0.1, 0.15) is 17.7 Å². The van der Waals surface area contributed by atoms with Crippen LogP contribution in [0.4, 0.5) is 0 Å². The second-order valence-electron chi connectivity index (χ2n) is 5.23. The third kappa shape index (κ3) is 2.12. The van der Waals surface area contributed by atoms with Crippen molar-refractivity contribution in [3.8, 4) is 0 Å². The predicted octanol–water partition coefficient (Wildman–Crippen LogP) is 1.46. The summed E-state index contributed by atoms with van der Waals surface area (Å²) in [6.07, 6.45) is 0.586. The maximum absolute atomic E-state index is 11.2. The quantitative estimate of drug-likeness (QED) is 0.874. The monoisotopic (exact) mass is 257 g/mol. The summed E-state index contributed by atoms with van der Waals surface area (Å²) in [5.41, 5.74) is 3.88. The number of aromatic nitrogens is 1. The van der Waals surface area contributed by atoms with Crippen molar-refractivity contribution in [1.82, 2.24) is 15.2 Å². The van der Waals surface area contributed by atoms with E-state index in [1.165, 1.54) is 22.2 Å². The number of nitrogens with zero attached hydrogens (tertiary/aromatic N) is 1. The number of nitrogens with one attached hydrogen (secondary N) is 2. The minimum Gasteiger partial charge on any atom is -0.354 e. The lowest BCUT2D eigenvalue weighted by Gasteiger charge is -2.12. The molecular weight excluding hydrogens is 238 g/mol. The van der Waals surface area contributed by atoms with Gasteiger partial charge in [0.15, 0.2) is 0 Å². The Hall–Kier alpha value is -1.81. The van der Waals surface area contributed by atoms with Crippen LogP contribution in [0.15, 0.2) is 24.3 Å². The van der Waals surface area contributed by atoms with Gasteiger partial charge in [-0.15, -0.1) is 0 Å². The van der Waals surface area contributed by atoms with Crippen LogP contribution in [-0.2, 0) is 18.4 Å². The number of hydrogen-bond donors (Lipinski definition) is 2. The molecule has 1 fully saturated rings. The van der Waals surface area contributed by atoms with E-state index >= 15 is 0 Å². The fraction of sp³-hybridized carbons (Fsp3) is 0.400. The predicted molar refractivity (Wildman–Crippen MR) is 75.9 cm³/mol. The standard InChI is InChI=1S/C15H19N3O/c1-10-12-5-3-4-6-13(12)18(2)14(10)9-16-11-7-15(19)17-8-11/h3-6,11,16H,7-9H2,1-2H3,(H,17,19). The van der Waals surface area contributed by atoms with E-state index in [2.05, 4.69) is 53.4 Å². The fourth-order valence-electron chi connectivity index (χ4n) is 2.88. The largest absolute Gasteiger partial charge is 0.354 e. The van der Waals surface area contributed by atoms with Gasteiger partial charge in [-0.3, -0.25) is 4.79 Å². The lowest BCUT2D eigenvalue weighted by molar-refractivity contribution is -0.119. The summed E-state index contributed by atoms with van der Waals surface area (Å²) < 4.78 is 2.24. The molecule has 1 saturated heterocycles. The number of hydrogen-bond acceptors (Lipinski definition) is 2. The Bertz CT molecular complexity index is 591. The minimum absolute atomic E-state index is 0.145. The van der Waals surface area contributed by atoms with Crippen molar-refractivity contribution in [2.75, 3.05) is 6.54 Å². The molecule has 4 nitrogen and oxygen atoms in total. The van der Waals surface area contributed by atoms with E-state index in [1.807, 2.05) is 0 Å². The summed E-state index contributed by atoms with van der Waals surface area (Å²) in [6.45, 7) is 3.70. The highest BCUT2D eigenvalue weighted by atomic mass is 16.1. The average Bonchev–Trinajstić information content (AvgIpc) is 2.93. The van der Waals surface area contributed by atoms with Crippen LogP contribution in [0.25, 0.3) is 10.9 Å². The Morgan fingerprint density at radius 1 is 1.42 bits per heavy atom. The molecule has 1 amide bonds. The summed E-state index contributed by atoms with van der Waals surface area (Å²) in [7, 11) is 2.10. The third-order valence-corrected chi connectivity index (χ3v) is 4.04. The van der Waals surface area contributed by atoms with Gasteiger partial charge in [-0.25, -0.2) is 0 Å². The molecule has 1 aliphatic rings. The van der Waals surface area contributed by atoms with Crippen molar-refractivity contribution in [2.45, 2.75) is 25.9 Å². The molecule has 1 aromatic carbocycles. The maximum Gasteiger partial charge on any atom is 0.221 e. The summed E-state index contributed by atoms with van der Waals surface area (Å²) in [4.78, 5) is 11.2.